The van der Waals surface area contributed by atoms with Crippen molar-refractivity contribution in [3.05, 3.63) is 12.2 Å². The lowest BCUT2D eigenvalue weighted by Crippen LogP contribution is -1.90. The van der Waals surface area contributed by atoms with E-state index in [1.54, 1.807) is 13.1 Å². The highest BCUT2D eigenvalue weighted by Crippen LogP contribution is 1.60. The largest absolute Gasteiger partial charge is 0.349 e. The highest BCUT2D eigenvalue weighted by Gasteiger charge is 1.50. The summed E-state index contributed by atoms with van der Waals surface area (Å²) in [6.45, 7) is 1.93. The van der Waals surface area contributed by atoms with Gasteiger partial charge in [0.05, 0.1) is 0 Å². The molecule has 0 unspecified atom stereocenters. The van der Waals surface area contributed by atoms with E-state index >= 15 is 0 Å². The molecule has 0 saturated heterocycles. The molecular formula is C6H9N. The van der Waals surface area contributed by atoms with Crippen molar-refractivity contribution >= 4 is 0 Å². The van der Waals surface area contributed by atoms with E-state index in [1.165, 1.54) is 0 Å². The molecule has 0 heterocycles. The first-order chi connectivity index (χ1) is 3.41. The topological polar surface area (TPSA) is 12.0 Å². The molecule has 0 spiro atoms. The van der Waals surface area contributed by atoms with Crippen LogP contribution in [-0.2, 0) is 0 Å². The van der Waals surface area contributed by atoms with Gasteiger partial charge in [-0.15, -0.1) is 0 Å². The molecule has 7 heavy (non-hydrogen) atoms. The van der Waals surface area contributed by atoms with Crippen LogP contribution in [-0.4, -0.2) is 7.05 Å². The summed E-state index contributed by atoms with van der Waals surface area (Å²) in [5, 5.41) is 2.69. The Kier molecular flexibility index (Phi) is 4.44. The van der Waals surface area contributed by atoms with Gasteiger partial charge in [0.2, 0.25) is 0 Å². The highest BCUT2D eigenvalue weighted by molar-refractivity contribution is 5.12. The lowest BCUT2D eigenvalue weighted by Gasteiger charge is -1.70. The van der Waals surface area contributed by atoms with Crippen molar-refractivity contribution in [2.45, 2.75) is 6.92 Å². The summed E-state index contributed by atoms with van der Waals surface area (Å²) in [4.78, 5) is 0. The average molecular weight is 95.1 g/mol. The van der Waals surface area contributed by atoms with Crippen LogP contribution in [0.2, 0.25) is 0 Å². The minimum Gasteiger partial charge on any atom is -0.349 e. The summed E-state index contributed by atoms with van der Waals surface area (Å²) >= 11 is 0. The molecule has 0 aliphatic rings. The van der Waals surface area contributed by atoms with E-state index in [9.17, 15) is 0 Å². The Hall–Kier alpha value is -0.900. The fraction of sp³-hybridized carbons (Fsp3) is 0.333. The molecule has 0 aliphatic heterocycles. The van der Waals surface area contributed by atoms with Crippen molar-refractivity contribution in [1.29, 1.82) is 0 Å². The normalized spacial score (nSPS) is 7.71. The Morgan fingerprint density at radius 1 is 1.57 bits per heavy atom. The van der Waals surface area contributed by atoms with Gasteiger partial charge in [0.15, 0.2) is 0 Å². The fourth-order valence-electron chi connectivity index (χ4n) is 0.197. The van der Waals surface area contributed by atoms with E-state index in [0.29, 0.717) is 0 Å². The SMILES string of the molecule is C/C=C\C#CNC. The molecule has 1 nitrogen and oxygen atoms in total. The number of nitrogens with one attached hydrogen (secondary N) is 1. The quantitative estimate of drug-likeness (QED) is 0.345. The Labute approximate surface area is 44.4 Å². The minimum atomic E-state index is 1.79. The second-order valence-corrected chi connectivity index (χ2v) is 1.02. The second-order valence-electron chi connectivity index (χ2n) is 1.02. The molecule has 0 bridgehead atoms. The molecule has 0 saturated carbocycles. The first-order valence-electron chi connectivity index (χ1n) is 2.20. The van der Waals surface area contributed by atoms with Gasteiger partial charge >= 0.3 is 0 Å². The maximum Gasteiger partial charge on any atom is 0.0116 e. The summed E-state index contributed by atoms with van der Waals surface area (Å²) < 4.78 is 0. The summed E-state index contributed by atoms with van der Waals surface area (Å²) in [5.41, 5.74) is 0. The van der Waals surface area contributed by atoms with Crippen LogP contribution >= 0.6 is 0 Å². The molecule has 0 atom stereocenters. The number of allylic oxidation sites excluding steroid dienone is 2. The van der Waals surface area contributed by atoms with Gasteiger partial charge in [-0.2, -0.15) is 0 Å². The van der Waals surface area contributed by atoms with Crippen LogP contribution in [0.3, 0.4) is 0 Å². The van der Waals surface area contributed by atoms with E-state index in [2.05, 4.69) is 17.3 Å². The zero-order valence-electron chi connectivity index (χ0n) is 4.65. The van der Waals surface area contributed by atoms with Gasteiger partial charge < -0.3 is 5.32 Å². The average Bonchev–Trinajstić information content (AvgIpc) is 1.69. The Bertz CT molecular complexity index is 103. The molecule has 0 radical (unpaired) electrons. The lowest BCUT2D eigenvalue weighted by molar-refractivity contribution is 1.16. The Morgan fingerprint density at radius 2 is 2.29 bits per heavy atom. The number of hydrogen-bond donors (Lipinski definition) is 1. The van der Waals surface area contributed by atoms with Crippen LogP contribution < -0.4 is 5.32 Å². The molecule has 0 amide bonds. The smallest absolute Gasteiger partial charge is 0.0116 e. The zero-order valence-corrected chi connectivity index (χ0v) is 4.65. The Morgan fingerprint density at radius 3 is 2.71 bits per heavy atom. The second kappa shape index (κ2) is 5.10. The summed E-state index contributed by atoms with van der Waals surface area (Å²) in [5.74, 6) is 2.74. The van der Waals surface area contributed by atoms with Gasteiger partial charge in [-0.3, -0.25) is 0 Å². The van der Waals surface area contributed by atoms with Gasteiger partial charge in [0.25, 0.3) is 0 Å². The Balaban J connectivity index is 3.25. The van der Waals surface area contributed by atoms with Crippen molar-refractivity contribution in [1.82, 2.24) is 5.32 Å². The summed E-state index contributed by atoms with van der Waals surface area (Å²) in [6, 6.07) is 2.66. The van der Waals surface area contributed by atoms with Gasteiger partial charge in [-0.25, -0.2) is 0 Å². The standard InChI is InChI=1S/C6H9N/c1-3-4-5-6-7-2/h3-4,7H,1-2H3/b4-3-. The molecule has 0 aliphatic carbocycles. The van der Waals surface area contributed by atoms with E-state index in [-0.39, 0.29) is 0 Å². The van der Waals surface area contributed by atoms with Crippen LogP contribution in [0.4, 0.5) is 0 Å². The van der Waals surface area contributed by atoms with Crippen LogP contribution in [0, 0.1) is 12.0 Å². The first-order valence-corrected chi connectivity index (χ1v) is 2.20. The maximum absolute atomic E-state index is 2.74. The molecule has 0 aromatic carbocycles. The third-order valence-electron chi connectivity index (χ3n) is 0.447. The number of rotatable bonds is 0. The van der Waals surface area contributed by atoms with Gasteiger partial charge in [0, 0.05) is 13.1 Å². The van der Waals surface area contributed by atoms with Crippen molar-refractivity contribution in [3.63, 3.8) is 0 Å². The summed E-state index contributed by atoms with van der Waals surface area (Å²) in [7, 11) is 1.79. The molecule has 0 aromatic rings. The van der Waals surface area contributed by atoms with E-state index in [1.807, 2.05) is 13.0 Å². The molecule has 0 rings (SSSR count). The predicted octanol–water partition coefficient (Wildman–Crippen LogP) is 0.743. The number of hydrogen-bond acceptors (Lipinski definition) is 1. The molecule has 0 fully saturated rings. The molecule has 1 N–H and O–H groups in total. The third-order valence-corrected chi connectivity index (χ3v) is 0.447. The zero-order chi connectivity index (χ0) is 5.54. The monoisotopic (exact) mass is 95.1 g/mol. The first kappa shape index (κ1) is 6.10. The van der Waals surface area contributed by atoms with Crippen molar-refractivity contribution in [2.75, 3.05) is 7.05 Å². The van der Waals surface area contributed by atoms with Crippen LogP contribution in [0.1, 0.15) is 6.92 Å². The van der Waals surface area contributed by atoms with E-state index < -0.39 is 0 Å². The molecule has 1 heteroatoms. The predicted molar refractivity (Wildman–Crippen MR) is 31.6 cm³/mol. The van der Waals surface area contributed by atoms with Gasteiger partial charge in [-0.05, 0) is 13.0 Å². The molecule has 0 aromatic heterocycles. The van der Waals surface area contributed by atoms with E-state index in [0.717, 1.165) is 0 Å². The summed E-state index contributed by atoms with van der Waals surface area (Å²) in [6.07, 6.45) is 3.68. The fourth-order valence-corrected chi connectivity index (χ4v) is 0.197. The minimum absolute atomic E-state index is 1.79. The van der Waals surface area contributed by atoms with Gasteiger partial charge in [0.1, 0.15) is 0 Å². The van der Waals surface area contributed by atoms with Gasteiger partial charge in [-0.1, -0.05) is 12.0 Å². The van der Waals surface area contributed by atoms with E-state index in [4.69, 9.17) is 0 Å². The van der Waals surface area contributed by atoms with Crippen LogP contribution in [0.25, 0.3) is 0 Å². The molecule has 38 valence electrons. The van der Waals surface area contributed by atoms with Crippen LogP contribution in [0.15, 0.2) is 12.2 Å². The van der Waals surface area contributed by atoms with Crippen molar-refractivity contribution < 1.29 is 0 Å². The van der Waals surface area contributed by atoms with Crippen LogP contribution in [0.5, 0.6) is 0 Å². The van der Waals surface area contributed by atoms with Crippen molar-refractivity contribution in [3.8, 4) is 12.0 Å². The highest BCUT2D eigenvalue weighted by atomic mass is 14.8. The molecular weight excluding hydrogens is 86.1 g/mol. The lowest BCUT2D eigenvalue weighted by atomic mass is 10.5. The maximum atomic E-state index is 2.74. The third kappa shape index (κ3) is 5.10. The van der Waals surface area contributed by atoms with Crippen molar-refractivity contribution in [2.24, 2.45) is 0 Å².